The Labute approximate surface area is 198 Å². The van der Waals surface area contributed by atoms with Crippen molar-refractivity contribution < 1.29 is 9.26 Å². The van der Waals surface area contributed by atoms with Gasteiger partial charge in [0, 0.05) is 22.8 Å². The van der Waals surface area contributed by atoms with Gasteiger partial charge in [-0.25, -0.2) is 0 Å². The van der Waals surface area contributed by atoms with Crippen LogP contribution in [0.5, 0.6) is 5.75 Å². The molecule has 0 saturated carbocycles. The van der Waals surface area contributed by atoms with E-state index in [1.54, 1.807) is 7.11 Å². The summed E-state index contributed by atoms with van der Waals surface area (Å²) >= 11 is 11.7. The number of unbranched alkanes of at least 4 members (excludes halogenated alkanes) is 1. The molecule has 0 fully saturated rings. The van der Waals surface area contributed by atoms with Crippen molar-refractivity contribution in [2.75, 3.05) is 13.7 Å². The topological polar surface area (TPSA) is 63.4 Å². The lowest BCUT2D eigenvalue weighted by atomic mass is 9.94. The molecule has 2 aromatic carbocycles. The second-order valence-corrected chi connectivity index (χ2v) is 8.42. The summed E-state index contributed by atoms with van der Waals surface area (Å²) < 4.78 is 11.2. The lowest BCUT2D eigenvalue weighted by Crippen LogP contribution is -2.46. The van der Waals surface area contributed by atoms with Gasteiger partial charge in [-0.1, -0.05) is 42.2 Å². The van der Waals surface area contributed by atoms with E-state index in [2.05, 4.69) is 29.2 Å². The third kappa shape index (κ3) is 4.49. The van der Waals surface area contributed by atoms with Gasteiger partial charge < -0.3 is 19.5 Å². The van der Waals surface area contributed by atoms with E-state index >= 15 is 0 Å². The molecule has 1 atom stereocenters. The first-order valence-corrected chi connectivity index (χ1v) is 11.3. The van der Waals surface area contributed by atoms with E-state index < -0.39 is 0 Å². The number of thiocarbonyl (C=S) groups is 1. The average molecular weight is 469 g/mol. The molecule has 4 rings (SSSR count). The number of allylic oxidation sites excluding steroid dienone is 1. The summed E-state index contributed by atoms with van der Waals surface area (Å²) in [5.41, 5.74) is 3.74. The zero-order valence-corrected chi connectivity index (χ0v) is 19.8. The highest BCUT2D eigenvalue weighted by Gasteiger charge is 2.34. The Morgan fingerprint density at radius 2 is 2.00 bits per heavy atom. The van der Waals surface area contributed by atoms with Crippen LogP contribution in [0.1, 0.15) is 44.2 Å². The summed E-state index contributed by atoms with van der Waals surface area (Å²) in [6, 6.07) is 15.0. The molecule has 0 aliphatic carbocycles. The van der Waals surface area contributed by atoms with Crippen LogP contribution in [-0.4, -0.2) is 33.8 Å². The van der Waals surface area contributed by atoms with Crippen LogP contribution in [-0.2, 0) is 0 Å². The van der Waals surface area contributed by atoms with Crippen LogP contribution in [0.2, 0.25) is 5.02 Å². The molecule has 1 aliphatic heterocycles. The molecule has 166 valence electrons. The summed E-state index contributed by atoms with van der Waals surface area (Å²) in [7, 11) is 1.66. The summed E-state index contributed by atoms with van der Waals surface area (Å²) in [4.78, 5) is 6.83. The van der Waals surface area contributed by atoms with Gasteiger partial charge in [0.25, 0.3) is 5.89 Å². The van der Waals surface area contributed by atoms with Crippen LogP contribution >= 0.6 is 23.8 Å². The van der Waals surface area contributed by atoms with Gasteiger partial charge in [0.15, 0.2) is 5.11 Å². The van der Waals surface area contributed by atoms with Crippen molar-refractivity contribution in [3.8, 4) is 17.1 Å². The van der Waals surface area contributed by atoms with E-state index in [1.165, 1.54) is 0 Å². The molecular formula is C24H25ClN4O2S. The standard InChI is InChI=1S/C24H25ClN4O2S/c1-4-5-13-29-15(2)20(21(26-24(29)32)17-7-6-8-19(14-17)30-3)23-27-22(28-31-23)16-9-11-18(25)12-10-16/h6-12,14,21H,4-5,13H2,1-3H3,(H,26,32). The first kappa shape index (κ1) is 22.3. The van der Waals surface area contributed by atoms with Crippen molar-refractivity contribution in [3.05, 3.63) is 70.7 Å². The van der Waals surface area contributed by atoms with Gasteiger partial charge >= 0.3 is 0 Å². The van der Waals surface area contributed by atoms with E-state index in [-0.39, 0.29) is 6.04 Å². The number of ether oxygens (including phenoxy) is 1. The molecule has 0 amide bonds. The fourth-order valence-corrected chi connectivity index (χ4v) is 4.24. The molecule has 0 radical (unpaired) electrons. The zero-order valence-electron chi connectivity index (χ0n) is 18.3. The van der Waals surface area contributed by atoms with Crippen molar-refractivity contribution in [3.63, 3.8) is 0 Å². The summed E-state index contributed by atoms with van der Waals surface area (Å²) in [6.45, 7) is 5.04. The van der Waals surface area contributed by atoms with Crippen molar-refractivity contribution >= 4 is 34.5 Å². The van der Waals surface area contributed by atoms with Crippen LogP contribution in [0.15, 0.2) is 58.8 Å². The second-order valence-electron chi connectivity index (χ2n) is 7.59. The van der Waals surface area contributed by atoms with Crippen LogP contribution in [0.25, 0.3) is 17.0 Å². The molecule has 1 aliphatic rings. The molecule has 3 aromatic rings. The molecular weight excluding hydrogens is 444 g/mol. The maximum absolute atomic E-state index is 6.02. The number of benzene rings is 2. The van der Waals surface area contributed by atoms with E-state index in [0.29, 0.717) is 21.9 Å². The van der Waals surface area contributed by atoms with Gasteiger partial charge in [-0.2, -0.15) is 4.98 Å². The molecule has 6 nitrogen and oxygen atoms in total. The molecule has 1 aromatic heterocycles. The average Bonchev–Trinajstić information content (AvgIpc) is 3.28. The molecule has 32 heavy (non-hydrogen) atoms. The predicted octanol–water partition coefficient (Wildman–Crippen LogP) is 5.86. The van der Waals surface area contributed by atoms with E-state index in [4.69, 9.17) is 38.1 Å². The summed E-state index contributed by atoms with van der Waals surface area (Å²) in [5.74, 6) is 1.74. The Bertz CT molecular complexity index is 1140. The second kappa shape index (κ2) is 9.71. The Morgan fingerprint density at radius 1 is 1.22 bits per heavy atom. The molecule has 1 N–H and O–H groups in total. The number of rotatable bonds is 7. The van der Waals surface area contributed by atoms with Gasteiger partial charge in [-0.15, -0.1) is 0 Å². The predicted molar refractivity (Wildman–Crippen MR) is 130 cm³/mol. The minimum atomic E-state index is -0.242. The third-order valence-electron chi connectivity index (χ3n) is 5.52. The number of nitrogens with zero attached hydrogens (tertiary/aromatic N) is 3. The smallest absolute Gasteiger partial charge is 0.258 e. The maximum Gasteiger partial charge on any atom is 0.258 e. The molecule has 0 spiro atoms. The SMILES string of the molecule is CCCCN1C(=S)NC(c2cccc(OC)c2)C(c2nc(-c3ccc(Cl)cc3)no2)=C1C. The van der Waals surface area contributed by atoms with E-state index in [9.17, 15) is 0 Å². The maximum atomic E-state index is 6.02. The van der Waals surface area contributed by atoms with Gasteiger partial charge in [0.05, 0.1) is 18.7 Å². The first-order valence-electron chi connectivity index (χ1n) is 10.5. The Balaban J connectivity index is 1.80. The Hall–Kier alpha value is -2.90. The summed E-state index contributed by atoms with van der Waals surface area (Å²) in [6.07, 6.45) is 2.10. The quantitative estimate of drug-likeness (QED) is 0.435. The highest BCUT2D eigenvalue weighted by molar-refractivity contribution is 7.80. The highest BCUT2D eigenvalue weighted by atomic mass is 35.5. The van der Waals surface area contributed by atoms with E-state index in [0.717, 1.165) is 47.5 Å². The minimum absolute atomic E-state index is 0.242. The molecule has 0 saturated heterocycles. The van der Waals surface area contributed by atoms with Gasteiger partial charge in [0.1, 0.15) is 5.75 Å². The van der Waals surface area contributed by atoms with Crippen LogP contribution in [0, 0.1) is 0 Å². The number of nitrogens with one attached hydrogen (secondary N) is 1. The number of halogens is 1. The largest absolute Gasteiger partial charge is 0.497 e. The third-order valence-corrected chi connectivity index (χ3v) is 6.11. The summed E-state index contributed by atoms with van der Waals surface area (Å²) in [5, 5.41) is 9.05. The number of hydrogen-bond donors (Lipinski definition) is 1. The monoisotopic (exact) mass is 468 g/mol. The molecule has 2 heterocycles. The molecule has 8 heteroatoms. The molecule has 0 bridgehead atoms. The van der Waals surface area contributed by atoms with Gasteiger partial charge in [-0.05, 0) is 67.5 Å². The fraction of sp³-hybridized carbons (Fsp3) is 0.292. The minimum Gasteiger partial charge on any atom is -0.497 e. The Kier molecular flexibility index (Phi) is 6.77. The lowest BCUT2D eigenvalue weighted by Gasteiger charge is -2.37. The van der Waals surface area contributed by atoms with Crippen molar-refractivity contribution in [1.82, 2.24) is 20.4 Å². The normalized spacial score (nSPS) is 16.3. The van der Waals surface area contributed by atoms with Gasteiger partial charge in [0.2, 0.25) is 5.82 Å². The highest BCUT2D eigenvalue weighted by Crippen LogP contribution is 2.38. The van der Waals surface area contributed by atoms with Crippen molar-refractivity contribution in [2.24, 2.45) is 0 Å². The number of hydrogen-bond acceptors (Lipinski definition) is 5. The lowest BCUT2D eigenvalue weighted by molar-refractivity contribution is 0.395. The van der Waals surface area contributed by atoms with Crippen LogP contribution < -0.4 is 10.1 Å². The van der Waals surface area contributed by atoms with Crippen molar-refractivity contribution in [1.29, 1.82) is 0 Å². The van der Waals surface area contributed by atoms with Gasteiger partial charge in [-0.3, -0.25) is 0 Å². The zero-order chi connectivity index (χ0) is 22.7. The Morgan fingerprint density at radius 3 is 2.72 bits per heavy atom. The van der Waals surface area contributed by atoms with Crippen LogP contribution in [0.3, 0.4) is 0 Å². The number of methoxy groups -OCH3 is 1. The first-order chi connectivity index (χ1) is 15.5. The van der Waals surface area contributed by atoms with Crippen molar-refractivity contribution in [2.45, 2.75) is 32.7 Å². The number of aromatic nitrogens is 2. The molecule has 1 unspecified atom stereocenters. The van der Waals surface area contributed by atoms with E-state index in [1.807, 2.05) is 48.5 Å². The van der Waals surface area contributed by atoms with Crippen LogP contribution in [0.4, 0.5) is 0 Å². The fourth-order valence-electron chi connectivity index (χ4n) is 3.76.